The zero-order valence-electron chi connectivity index (χ0n) is 5.46. The Kier molecular flexibility index (Phi) is 4.58. The zero-order valence-corrected chi connectivity index (χ0v) is 6.28. The van der Waals surface area contributed by atoms with Crippen LogP contribution < -0.4 is 0 Å². The lowest BCUT2D eigenvalue weighted by atomic mass is 10.2. The molecule has 2 nitrogen and oxygen atoms in total. The van der Waals surface area contributed by atoms with Crippen LogP contribution in [0.5, 0.6) is 0 Å². The third-order valence-electron chi connectivity index (χ3n) is 1.10. The fourth-order valence-corrected chi connectivity index (χ4v) is 0.680. The van der Waals surface area contributed by atoms with E-state index in [1.807, 2.05) is 6.92 Å². The van der Waals surface area contributed by atoms with Crippen LogP contribution in [0.15, 0.2) is 0 Å². The van der Waals surface area contributed by atoms with E-state index >= 15 is 0 Å². The van der Waals surface area contributed by atoms with Crippen LogP contribution in [0.4, 0.5) is 0 Å². The van der Waals surface area contributed by atoms with Crippen molar-refractivity contribution in [3.05, 3.63) is 0 Å². The third kappa shape index (κ3) is 4.33. The molecule has 0 aliphatic heterocycles. The lowest BCUT2D eigenvalue weighted by Crippen LogP contribution is -2.12. The van der Waals surface area contributed by atoms with Gasteiger partial charge in [-0.3, -0.25) is 4.79 Å². The van der Waals surface area contributed by atoms with E-state index in [-0.39, 0.29) is 0 Å². The van der Waals surface area contributed by atoms with Gasteiger partial charge in [0.05, 0.1) is 0 Å². The maximum Gasteiger partial charge on any atom is 0.317 e. The molecule has 1 N–H and O–H groups in total. The van der Waals surface area contributed by atoms with Gasteiger partial charge in [-0.15, -0.1) is 0 Å². The minimum absolute atomic E-state index is 0.579. The largest absolute Gasteiger partial charge is 0.480 e. The van der Waals surface area contributed by atoms with Gasteiger partial charge in [0.2, 0.25) is 0 Å². The molecule has 0 aliphatic rings. The van der Waals surface area contributed by atoms with Gasteiger partial charge in [-0.25, -0.2) is 0 Å². The molecule has 0 heterocycles. The highest BCUT2D eigenvalue weighted by atomic mass is 32.1. The molecule has 0 fully saturated rings. The van der Waals surface area contributed by atoms with Crippen molar-refractivity contribution < 1.29 is 9.90 Å². The number of carboxylic acids is 1. The van der Waals surface area contributed by atoms with Gasteiger partial charge in [-0.2, -0.15) is 0 Å². The fourth-order valence-electron chi connectivity index (χ4n) is 0.513. The molecule has 1 unspecified atom stereocenters. The monoisotopic (exact) mass is 147 g/mol. The van der Waals surface area contributed by atoms with E-state index < -0.39 is 11.2 Å². The van der Waals surface area contributed by atoms with Crippen molar-refractivity contribution in [1.82, 2.24) is 0 Å². The Morgan fingerprint density at radius 1 is 1.78 bits per heavy atom. The fraction of sp³-hybridized carbons (Fsp3) is 0.833. The lowest BCUT2D eigenvalue weighted by Gasteiger charge is -2.00. The van der Waals surface area contributed by atoms with Gasteiger partial charge in [0.25, 0.3) is 0 Å². The van der Waals surface area contributed by atoms with E-state index in [0.717, 1.165) is 12.8 Å². The average molecular weight is 147 g/mol. The summed E-state index contributed by atoms with van der Waals surface area (Å²) in [6.07, 6.45) is 2.56. The number of carbonyl (C=O) groups is 1. The summed E-state index contributed by atoms with van der Waals surface area (Å²) in [5, 5.41) is 7.73. The average Bonchev–Trinajstić information content (AvgIpc) is 1.82. The Morgan fingerprint density at radius 3 is 2.67 bits per heavy atom. The number of hydrogen-bond donors (Lipinski definition) is 1. The number of carboxylic acid groups (broad SMARTS) is 1. The first-order valence-electron chi connectivity index (χ1n) is 3.07. The molecule has 0 bridgehead atoms. The van der Waals surface area contributed by atoms with Gasteiger partial charge in [-0.1, -0.05) is 32.4 Å². The molecule has 53 valence electrons. The van der Waals surface area contributed by atoms with E-state index in [1.165, 1.54) is 0 Å². The van der Waals surface area contributed by atoms with Crippen LogP contribution in [-0.2, 0) is 4.79 Å². The van der Waals surface area contributed by atoms with Gasteiger partial charge in [0, 0.05) is 0 Å². The number of aliphatic carboxylic acids is 1. The Hall–Kier alpha value is -0.180. The van der Waals surface area contributed by atoms with E-state index in [4.69, 9.17) is 5.11 Å². The van der Waals surface area contributed by atoms with E-state index in [1.54, 1.807) is 0 Å². The molecule has 1 atom stereocenters. The first kappa shape index (κ1) is 8.82. The van der Waals surface area contributed by atoms with Crippen LogP contribution >= 0.6 is 12.6 Å². The lowest BCUT2D eigenvalue weighted by molar-refractivity contribution is -0.136. The number of unbranched alkanes of at least 4 members (excludes halogenated alkanes) is 1. The SMILES string of the molecule is CCCCC([S])C(=O)O. The summed E-state index contributed by atoms with van der Waals surface area (Å²) in [6, 6.07) is 0. The molecular formula is C6H11O2S. The zero-order chi connectivity index (χ0) is 7.28. The highest BCUT2D eigenvalue weighted by Crippen LogP contribution is 2.05. The van der Waals surface area contributed by atoms with Crippen LogP contribution in [0.1, 0.15) is 26.2 Å². The van der Waals surface area contributed by atoms with Crippen molar-refractivity contribution in [2.45, 2.75) is 31.4 Å². The quantitative estimate of drug-likeness (QED) is 0.658. The maximum absolute atomic E-state index is 10.1. The summed E-state index contributed by atoms with van der Waals surface area (Å²) in [6.45, 7) is 2.02. The van der Waals surface area contributed by atoms with Gasteiger partial charge in [-0.05, 0) is 6.42 Å². The molecule has 0 aliphatic carbocycles. The van der Waals surface area contributed by atoms with Gasteiger partial charge in [0.15, 0.2) is 0 Å². The molecule has 0 aromatic rings. The van der Waals surface area contributed by atoms with Gasteiger partial charge in [0.1, 0.15) is 5.25 Å². The maximum atomic E-state index is 10.1. The molecule has 0 aromatic carbocycles. The van der Waals surface area contributed by atoms with Gasteiger partial charge < -0.3 is 5.11 Å². The molecule has 0 spiro atoms. The minimum Gasteiger partial charge on any atom is -0.480 e. The number of rotatable bonds is 4. The molecule has 0 saturated carbocycles. The minimum atomic E-state index is -0.863. The highest BCUT2D eigenvalue weighted by Gasteiger charge is 2.10. The second-order valence-corrected chi connectivity index (χ2v) is 2.54. The standard InChI is InChI=1S/C6H11O2S/c1-2-3-4-5(9)6(7)8/h5H,2-4H2,1H3,(H,7,8). The Balaban J connectivity index is 3.27. The van der Waals surface area contributed by atoms with Crippen molar-refractivity contribution in [3.63, 3.8) is 0 Å². The topological polar surface area (TPSA) is 37.3 Å². The first-order chi connectivity index (χ1) is 4.18. The van der Waals surface area contributed by atoms with Crippen LogP contribution in [0.25, 0.3) is 0 Å². The van der Waals surface area contributed by atoms with E-state index in [9.17, 15) is 4.79 Å². The van der Waals surface area contributed by atoms with Crippen LogP contribution in [-0.4, -0.2) is 16.3 Å². The summed E-state index contributed by atoms with van der Waals surface area (Å²) in [7, 11) is 0. The third-order valence-corrected chi connectivity index (χ3v) is 1.53. The van der Waals surface area contributed by atoms with Crippen LogP contribution in [0.2, 0.25) is 0 Å². The van der Waals surface area contributed by atoms with Crippen molar-refractivity contribution in [2.75, 3.05) is 0 Å². The molecule has 0 rings (SSSR count). The van der Waals surface area contributed by atoms with Crippen molar-refractivity contribution >= 4 is 18.6 Å². The highest BCUT2D eigenvalue weighted by molar-refractivity contribution is 7.81. The predicted molar refractivity (Wildman–Crippen MR) is 38.5 cm³/mol. The smallest absolute Gasteiger partial charge is 0.317 e. The van der Waals surface area contributed by atoms with Gasteiger partial charge >= 0.3 is 5.97 Å². The van der Waals surface area contributed by atoms with E-state index in [0.29, 0.717) is 6.42 Å². The summed E-state index contributed by atoms with van der Waals surface area (Å²) < 4.78 is 0. The van der Waals surface area contributed by atoms with Crippen LogP contribution in [0, 0.1) is 0 Å². The first-order valence-corrected chi connectivity index (χ1v) is 3.54. The van der Waals surface area contributed by atoms with Crippen molar-refractivity contribution in [1.29, 1.82) is 0 Å². The normalized spacial score (nSPS) is 13.1. The summed E-state index contributed by atoms with van der Waals surface area (Å²) in [5.41, 5.74) is 0. The van der Waals surface area contributed by atoms with Crippen molar-refractivity contribution in [3.8, 4) is 0 Å². The second kappa shape index (κ2) is 4.68. The van der Waals surface area contributed by atoms with Crippen molar-refractivity contribution in [2.24, 2.45) is 0 Å². The predicted octanol–water partition coefficient (Wildman–Crippen LogP) is 1.83. The summed E-state index contributed by atoms with van der Waals surface area (Å²) in [5.74, 6) is -0.863. The molecule has 1 radical (unpaired) electrons. The Bertz CT molecular complexity index is 93.1. The molecule has 0 aromatic heterocycles. The molecule has 3 heteroatoms. The summed E-state index contributed by atoms with van der Waals surface area (Å²) >= 11 is 4.63. The Morgan fingerprint density at radius 2 is 2.33 bits per heavy atom. The van der Waals surface area contributed by atoms with Crippen LogP contribution in [0.3, 0.4) is 0 Å². The number of hydrogen-bond acceptors (Lipinski definition) is 1. The molecular weight excluding hydrogens is 136 g/mol. The molecule has 9 heavy (non-hydrogen) atoms. The molecule has 0 saturated heterocycles. The van der Waals surface area contributed by atoms with E-state index in [2.05, 4.69) is 12.6 Å². The second-order valence-electron chi connectivity index (χ2n) is 1.97. The summed E-state index contributed by atoms with van der Waals surface area (Å²) in [4.78, 5) is 10.1. The molecule has 0 amide bonds. The Labute approximate surface area is 60.7 Å².